The second kappa shape index (κ2) is 6.81. The molecule has 0 saturated carbocycles. The van der Waals surface area contributed by atoms with Crippen LogP contribution in [0.4, 0.5) is 11.6 Å². The minimum atomic E-state index is -0.597. The standard InChI is InChI=1S/C17H20N6O2/c1-21-15(13(10-18)16(24)22(2)17(21)25)20-11-12-5-6-19-14(9-12)23-7-3-4-8-23/h5-6,9,20H,3-4,7-8,11H2,1-2H3. The number of hydrogen-bond donors (Lipinski definition) is 1. The third-order valence-electron chi connectivity index (χ3n) is 4.48. The predicted octanol–water partition coefficient (Wildman–Crippen LogP) is 0.563. The lowest BCUT2D eigenvalue weighted by Crippen LogP contribution is -2.39. The van der Waals surface area contributed by atoms with Crippen molar-refractivity contribution in [2.75, 3.05) is 23.3 Å². The molecule has 1 aliphatic rings. The van der Waals surface area contributed by atoms with Gasteiger partial charge < -0.3 is 10.2 Å². The molecule has 1 saturated heterocycles. The summed E-state index contributed by atoms with van der Waals surface area (Å²) < 4.78 is 2.21. The average molecular weight is 340 g/mol. The first-order valence-electron chi connectivity index (χ1n) is 8.17. The molecule has 2 aromatic heterocycles. The van der Waals surface area contributed by atoms with Gasteiger partial charge >= 0.3 is 5.69 Å². The molecule has 1 N–H and O–H groups in total. The van der Waals surface area contributed by atoms with E-state index in [0.29, 0.717) is 6.54 Å². The molecule has 8 heteroatoms. The minimum Gasteiger partial charge on any atom is -0.366 e. The smallest absolute Gasteiger partial charge is 0.332 e. The Morgan fingerprint density at radius 2 is 1.96 bits per heavy atom. The van der Waals surface area contributed by atoms with Gasteiger partial charge in [0.25, 0.3) is 5.56 Å². The van der Waals surface area contributed by atoms with Crippen LogP contribution in [0.15, 0.2) is 27.9 Å². The predicted molar refractivity (Wildman–Crippen MR) is 94.6 cm³/mol. The van der Waals surface area contributed by atoms with Crippen LogP contribution in [0.5, 0.6) is 0 Å². The van der Waals surface area contributed by atoms with Crippen LogP contribution in [0.25, 0.3) is 0 Å². The van der Waals surface area contributed by atoms with E-state index in [9.17, 15) is 14.9 Å². The van der Waals surface area contributed by atoms with Crippen LogP contribution in [0, 0.1) is 11.3 Å². The van der Waals surface area contributed by atoms with Gasteiger partial charge in [-0.2, -0.15) is 5.26 Å². The summed E-state index contributed by atoms with van der Waals surface area (Å²) in [7, 11) is 2.90. The van der Waals surface area contributed by atoms with Crippen molar-refractivity contribution >= 4 is 11.6 Å². The molecule has 0 amide bonds. The maximum Gasteiger partial charge on any atom is 0.332 e. The van der Waals surface area contributed by atoms with Gasteiger partial charge in [0.1, 0.15) is 17.7 Å². The Balaban J connectivity index is 1.88. The number of nitrogens with zero attached hydrogens (tertiary/aromatic N) is 5. The SMILES string of the molecule is Cn1c(NCc2ccnc(N3CCCC3)c2)c(C#N)c(=O)n(C)c1=O. The zero-order chi connectivity index (χ0) is 18.0. The fourth-order valence-corrected chi connectivity index (χ4v) is 3.03. The monoisotopic (exact) mass is 340 g/mol. The maximum atomic E-state index is 12.1. The number of anilines is 2. The van der Waals surface area contributed by atoms with E-state index in [-0.39, 0.29) is 11.4 Å². The van der Waals surface area contributed by atoms with Crippen molar-refractivity contribution in [2.45, 2.75) is 19.4 Å². The largest absolute Gasteiger partial charge is 0.366 e. The molecular formula is C17H20N6O2. The average Bonchev–Trinajstić information content (AvgIpc) is 3.17. The summed E-state index contributed by atoms with van der Waals surface area (Å²) in [4.78, 5) is 30.8. The maximum absolute atomic E-state index is 12.1. The highest BCUT2D eigenvalue weighted by molar-refractivity contribution is 5.52. The van der Waals surface area contributed by atoms with Crippen molar-refractivity contribution in [3.63, 3.8) is 0 Å². The molecule has 0 unspecified atom stereocenters. The Kier molecular flexibility index (Phi) is 4.57. The molecular weight excluding hydrogens is 320 g/mol. The lowest BCUT2D eigenvalue weighted by molar-refractivity contribution is 0.685. The number of nitrogens with one attached hydrogen (secondary N) is 1. The van der Waals surface area contributed by atoms with E-state index in [4.69, 9.17) is 0 Å². The van der Waals surface area contributed by atoms with E-state index in [1.807, 2.05) is 18.2 Å². The van der Waals surface area contributed by atoms with Gasteiger partial charge in [0.2, 0.25) is 0 Å². The first kappa shape index (κ1) is 16.8. The Hall–Kier alpha value is -3.08. The Bertz CT molecular complexity index is 947. The van der Waals surface area contributed by atoms with Gasteiger partial charge in [-0.1, -0.05) is 0 Å². The third-order valence-corrected chi connectivity index (χ3v) is 4.48. The molecule has 3 heterocycles. The fourth-order valence-electron chi connectivity index (χ4n) is 3.03. The minimum absolute atomic E-state index is 0.0709. The zero-order valence-electron chi connectivity index (χ0n) is 14.3. The van der Waals surface area contributed by atoms with Crippen LogP contribution in [0.2, 0.25) is 0 Å². The highest BCUT2D eigenvalue weighted by Crippen LogP contribution is 2.19. The lowest BCUT2D eigenvalue weighted by atomic mass is 10.2. The number of nitriles is 1. The summed E-state index contributed by atoms with van der Waals surface area (Å²) in [6, 6.07) is 5.75. The van der Waals surface area contributed by atoms with Gasteiger partial charge in [0, 0.05) is 39.9 Å². The van der Waals surface area contributed by atoms with Crippen LogP contribution in [0.1, 0.15) is 24.0 Å². The van der Waals surface area contributed by atoms with Gasteiger partial charge in [0.05, 0.1) is 0 Å². The van der Waals surface area contributed by atoms with Gasteiger partial charge in [0.15, 0.2) is 5.56 Å². The van der Waals surface area contributed by atoms with Crippen molar-refractivity contribution in [2.24, 2.45) is 14.1 Å². The van der Waals surface area contributed by atoms with Gasteiger partial charge in [-0.05, 0) is 30.5 Å². The molecule has 1 aliphatic heterocycles. The van der Waals surface area contributed by atoms with Gasteiger partial charge in [-0.3, -0.25) is 13.9 Å². The van der Waals surface area contributed by atoms with Crippen LogP contribution in [-0.2, 0) is 20.6 Å². The Morgan fingerprint density at radius 3 is 2.64 bits per heavy atom. The molecule has 25 heavy (non-hydrogen) atoms. The summed E-state index contributed by atoms with van der Waals surface area (Å²) in [5.41, 5.74) is -0.174. The number of pyridine rings is 1. The van der Waals surface area contributed by atoms with Crippen LogP contribution in [0.3, 0.4) is 0 Å². The lowest BCUT2D eigenvalue weighted by Gasteiger charge is -2.17. The van der Waals surface area contributed by atoms with Crippen LogP contribution >= 0.6 is 0 Å². The number of aromatic nitrogens is 3. The zero-order valence-corrected chi connectivity index (χ0v) is 14.3. The highest BCUT2D eigenvalue weighted by Gasteiger charge is 2.16. The van der Waals surface area contributed by atoms with Crippen molar-refractivity contribution in [1.29, 1.82) is 5.26 Å². The molecule has 0 bridgehead atoms. The molecule has 0 atom stereocenters. The molecule has 0 aromatic carbocycles. The molecule has 1 fully saturated rings. The summed E-state index contributed by atoms with van der Waals surface area (Å²) in [5.74, 6) is 1.16. The topological polar surface area (TPSA) is 95.9 Å². The second-order valence-electron chi connectivity index (χ2n) is 6.11. The Morgan fingerprint density at radius 1 is 1.24 bits per heavy atom. The van der Waals surface area contributed by atoms with Gasteiger partial charge in [-0.15, -0.1) is 0 Å². The summed E-state index contributed by atoms with van der Waals surface area (Å²) >= 11 is 0. The molecule has 0 radical (unpaired) electrons. The normalized spacial score (nSPS) is 13.7. The van der Waals surface area contributed by atoms with E-state index < -0.39 is 11.2 Å². The van der Waals surface area contributed by atoms with E-state index in [2.05, 4.69) is 15.2 Å². The van der Waals surface area contributed by atoms with Crippen LogP contribution in [-0.4, -0.2) is 27.2 Å². The Labute approximate surface area is 145 Å². The second-order valence-corrected chi connectivity index (χ2v) is 6.11. The highest BCUT2D eigenvalue weighted by atomic mass is 16.2. The van der Waals surface area contributed by atoms with Crippen molar-refractivity contribution in [1.82, 2.24) is 14.1 Å². The van der Waals surface area contributed by atoms with E-state index >= 15 is 0 Å². The fraction of sp³-hybridized carbons (Fsp3) is 0.412. The van der Waals surface area contributed by atoms with Crippen LogP contribution < -0.4 is 21.5 Å². The number of hydrogen-bond acceptors (Lipinski definition) is 6. The van der Waals surface area contributed by atoms with E-state index in [0.717, 1.165) is 29.0 Å². The van der Waals surface area contributed by atoms with Crippen molar-refractivity contribution in [3.05, 3.63) is 50.3 Å². The molecule has 0 aliphatic carbocycles. The van der Waals surface area contributed by atoms with E-state index in [1.54, 1.807) is 6.20 Å². The third kappa shape index (κ3) is 3.13. The molecule has 2 aromatic rings. The van der Waals surface area contributed by atoms with Gasteiger partial charge in [-0.25, -0.2) is 9.78 Å². The quantitative estimate of drug-likeness (QED) is 0.874. The molecule has 0 spiro atoms. The van der Waals surface area contributed by atoms with E-state index in [1.165, 1.54) is 31.5 Å². The summed E-state index contributed by atoms with van der Waals surface area (Å²) in [5, 5.41) is 12.3. The first-order valence-corrected chi connectivity index (χ1v) is 8.17. The van der Waals surface area contributed by atoms with Crippen molar-refractivity contribution in [3.8, 4) is 6.07 Å². The van der Waals surface area contributed by atoms with Crippen molar-refractivity contribution < 1.29 is 0 Å². The summed E-state index contributed by atoms with van der Waals surface area (Å²) in [6.45, 7) is 2.40. The summed E-state index contributed by atoms with van der Waals surface area (Å²) in [6.07, 6.45) is 4.09. The first-order chi connectivity index (χ1) is 12.0. The molecule has 8 nitrogen and oxygen atoms in total. The molecule has 3 rings (SSSR count). The molecule has 130 valence electrons. The number of rotatable bonds is 4.